The van der Waals surface area contributed by atoms with Gasteiger partial charge in [-0.1, -0.05) is 0 Å². The quantitative estimate of drug-likeness (QED) is 0.643. The molecular weight excluding hydrogens is 216 g/mol. The van der Waals surface area contributed by atoms with E-state index >= 15 is 0 Å². The fourth-order valence-electron chi connectivity index (χ4n) is 2.66. The van der Waals surface area contributed by atoms with Crippen molar-refractivity contribution in [2.75, 3.05) is 33.2 Å². The van der Waals surface area contributed by atoms with Gasteiger partial charge in [0.05, 0.1) is 0 Å². The van der Waals surface area contributed by atoms with Gasteiger partial charge in [0.25, 0.3) is 0 Å². The smallest absolute Gasteiger partial charge is 0.317 e. The fraction of sp³-hybridized carbons (Fsp3) is 0.917. The van der Waals surface area contributed by atoms with Gasteiger partial charge in [-0.3, -0.25) is 0 Å². The van der Waals surface area contributed by atoms with Crippen LogP contribution < -0.4 is 16.0 Å². The minimum atomic E-state index is 0.124. The summed E-state index contributed by atoms with van der Waals surface area (Å²) in [5.74, 6) is 0. The summed E-state index contributed by atoms with van der Waals surface area (Å²) in [6, 6.07) is 1.14. The molecule has 1 saturated heterocycles. The second-order valence-corrected chi connectivity index (χ2v) is 5.02. The molecular formula is C12H24N4O. The Balaban J connectivity index is 1.71. The molecule has 0 unspecified atom stereocenters. The molecule has 0 aromatic rings. The van der Waals surface area contributed by atoms with Gasteiger partial charge in [0.2, 0.25) is 0 Å². The van der Waals surface area contributed by atoms with E-state index in [9.17, 15) is 4.79 Å². The zero-order valence-corrected chi connectivity index (χ0v) is 10.7. The minimum absolute atomic E-state index is 0.124. The molecule has 0 atom stereocenters. The number of hydrogen-bond acceptors (Lipinski definition) is 3. The summed E-state index contributed by atoms with van der Waals surface area (Å²) in [6.07, 6.45) is 4.54. The summed E-state index contributed by atoms with van der Waals surface area (Å²) in [5, 5.41) is 9.73. The van der Waals surface area contributed by atoms with Crippen LogP contribution in [0.3, 0.4) is 0 Å². The molecule has 2 rings (SSSR count). The maximum absolute atomic E-state index is 12.0. The van der Waals surface area contributed by atoms with Gasteiger partial charge in [-0.05, 0) is 32.7 Å². The third-order valence-corrected chi connectivity index (χ3v) is 3.87. The number of nitrogens with zero attached hydrogens (tertiary/aromatic N) is 1. The SMILES string of the molecule is CNC1CCC(NC(=O)N2CCNCC2)CC1. The van der Waals surface area contributed by atoms with Crippen LogP contribution in [0.15, 0.2) is 0 Å². The Bertz CT molecular complexity index is 245. The second-order valence-electron chi connectivity index (χ2n) is 5.02. The number of nitrogens with one attached hydrogen (secondary N) is 3. The lowest BCUT2D eigenvalue weighted by atomic mass is 9.91. The molecule has 1 aliphatic heterocycles. The highest BCUT2D eigenvalue weighted by molar-refractivity contribution is 5.74. The minimum Gasteiger partial charge on any atom is -0.335 e. The van der Waals surface area contributed by atoms with Gasteiger partial charge in [-0.15, -0.1) is 0 Å². The first-order valence-electron chi connectivity index (χ1n) is 6.73. The van der Waals surface area contributed by atoms with E-state index in [1.807, 2.05) is 11.9 Å². The third kappa shape index (κ3) is 3.57. The molecule has 5 heteroatoms. The van der Waals surface area contributed by atoms with Crippen LogP contribution in [0.5, 0.6) is 0 Å². The number of piperazine rings is 1. The first-order chi connectivity index (χ1) is 8.29. The summed E-state index contributed by atoms with van der Waals surface area (Å²) < 4.78 is 0. The van der Waals surface area contributed by atoms with Crippen LogP contribution >= 0.6 is 0 Å². The van der Waals surface area contributed by atoms with E-state index in [2.05, 4.69) is 16.0 Å². The van der Waals surface area contributed by atoms with E-state index in [-0.39, 0.29) is 6.03 Å². The molecule has 1 aliphatic carbocycles. The summed E-state index contributed by atoms with van der Waals surface area (Å²) in [7, 11) is 2.02. The first kappa shape index (κ1) is 12.6. The Kier molecular flexibility index (Phi) is 4.62. The molecule has 5 nitrogen and oxygen atoms in total. The van der Waals surface area contributed by atoms with Crippen LogP contribution in [-0.4, -0.2) is 56.2 Å². The van der Waals surface area contributed by atoms with E-state index in [4.69, 9.17) is 0 Å². The maximum atomic E-state index is 12.0. The number of carbonyl (C=O) groups excluding carboxylic acids is 1. The topological polar surface area (TPSA) is 56.4 Å². The van der Waals surface area contributed by atoms with Crippen molar-refractivity contribution < 1.29 is 4.79 Å². The highest BCUT2D eigenvalue weighted by Gasteiger charge is 2.23. The van der Waals surface area contributed by atoms with Crippen molar-refractivity contribution >= 4 is 6.03 Å². The van der Waals surface area contributed by atoms with Crippen molar-refractivity contribution in [3.63, 3.8) is 0 Å². The van der Waals surface area contributed by atoms with Crippen LogP contribution in [0.1, 0.15) is 25.7 Å². The molecule has 2 amide bonds. The number of amides is 2. The van der Waals surface area contributed by atoms with Gasteiger partial charge in [0.1, 0.15) is 0 Å². The average Bonchev–Trinajstić information content (AvgIpc) is 2.40. The van der Waals surface area contributed by atoms with Crippen LogP contribution in [0.2, 0.25) is 0 Å². The molecule has 2 fully saturated rings. The zero-order chi connectivity index (χ0) is 12.1. The van der Waals surface area contributed by atoms with Crippen molar-refractivity contribution in [3.8, 4) is 0 Å². The summed E-state index contributed by atoms with van der Waals surface area (Å²) in [5.41, 5.74) is 0. The van der Waals surface area contributed by atoms with Gasteiger partial charge in [-0.25, -0.2) is 4.79 Å². The van der Waals surface area contributed by atoms with E-state index in [1.54, 1.807) is 0 Å². The monoisotopic (exact) mass is 240 g/mol. The zero-order valence-electron chi connectivity index (χ0n) is 10.7. The third-order valence-electron chi connectivity index (χ3n) is 3.87. The predicted molar refractivity (Wildman–Crippen MR) is 68.1 cm³/mol. The molecule has 2 aliphatic rings. The lowest BCUT2D eigenvalue weighted by Gasteiger charge is -2.32. The van der Waals surface area contributed by atoms with E-state index in [1.165, 1.54) is 12.8 Å². The molecule has 1 saturated carbocycles. The van der Waals surface area contributed by atoms with E-state index in [0.717, 1.165) is 39.0 Å². The highest BCUT2D eigenvalue weighted by Crippen LogP contribution is 2.18. The molecule has 0 bridgehead atoms. The lowest BCUT2D eigenvalue weighted by molar-refractivity contribution is 0.181. The Hall–Kier alpha value is -0.810. The maximum Gasteiger partial charge on any atom is 0.317 e. The lowest BCUT2D eigenvalue weighted by Crippen LogP contribution is -2.53. The van der Waals surface area contributed by atoms with Gasteiger partial charge >= 0.3 is 6.03 Å². The average molecular weight is 240 g/mol. The first-order valence-corrected chi connectivity index (χ1v) is 6.73. The Morgan fingerprint density at radius 2 is 1.71 bits per heavy atom. The van der Waals surface area contributed by atoms with Crippen molar-refractivity contribution in [2.45, 2.75) is 37.8 Å². The van der Waals surface area contributed by atoms with Crippen LogP contribution in [0, 0.1) is 0 Å². The molecule has 0 aromatic carbocycles. The van der Waals surface area contributed by atoms with Gasteiger partial charge in [-0.2, -0.15) is 0 Å². The predicted octanol–water partition coefficient (Wildman–Crippen LogP) is 0.132. The molecule has 0 spiro atoms. The molecule has 1 heterocycles. The Labute approximate surface area is 103 Å². The fourth-order valence-corrected chi connectivity index (χ4v) is 2.66. The highest BCUT2D eigenvalue weighted by atomic mass is 16.2. The van der Waals surface area contributed by atoms with Crippen molar-refractivity contribution in [1.82, 2.24) is 20.9 Å². The van der Waals surface area contributed by atoms with Crippen LogP contribution in [0.25, 0.3) is 0 Å². The van der Waals surface area contributed by atoms with Gasteiger partial charge < -0.3 is 20.9 Å². The Morgan fingerprint density at radius 3 is 2.29 bits per heavy atom. The Morgan fingerprint density at radius 1 is 1.12 bits per heavy atom. The van der Waals surface area contributed by atoms with E-state index < -0.39 is 0 Å². The van der Waals surface area contributed by atoms with Gasteiger partial charge in [0, 0.05) is 38.3 Å². The molecule has 0 aromatic heterocycles. The summed E-state index contributed by atoms with van der Waals surface area (Å²) in [4.78, 5) is 13.9. The van der Waals surface area contributed by atoms with Crippen molar-refractivity contribution in [2.24, 2.45) is 0 Å². The number of hydrogen-bond donors (Lipinski definition) is 3. The molecule has 98 valence electrons. The largest absolute Gasteiger partial charge is 0.335 e. The number of urea groups is 1. The number of carbonyl (C=O) groups is 1. The van der Waals surface area contributed by atoms with Gasteiger partial charge in [0.15, 0.2) is 0 Å². The number of rotatable bonds is 2. The van der Waals surface area contributed by atoms with Crippen molar-refractivity contribution in [3.05, 3.63) is 0 Å². The molecule has 3 N–H and O–H groups in total. The summed E-state index contributed by atoms with van der Waals surface area (Å²) >= 11 is 0. The van der Waals surface area contributed by atoms with E-state index in [0.29, 0.717) is 12.1 Å². The molecule has 0 radical (unpaired) electrons. The normalized spacial score (nSPS) is 30.1. The molecule has 17 heavy (non-hydrogen) atoms. The van der Waals surface area contributed by atoms with Crippen LogP contribution in [-0.2, 0) is 0 Å². The summed E-state index contributed by atoms with van der Waals surface area (Å²) in [6.45, 7) is 3.50. The van der Waals surface area contributed by atoms with Crippen LogP contribution in [0.4, 0.5) is 4.79 Å². The second kappa shape index (κ2) is 6.21. The van der Waals surface area contributed by atoms with Crippen molar-refractivity contribution in [1.29, 1.82) is 0 Å². The standard InChI is InChI=1S/C12H24N4O/c1-13-10-2-4-11(5-3-10)15-12(17)16-8-6-14-7-9-16/h10-11,13-14H,2-9H2,1H3,(H,15,17).